The van der Waals surface area contributed by atoms with E-state index >= 15 is 0 Å². The number of hydrogen-bond acceptors (Lipinski definition) is 4. The molecule has 2 heterocycles. The van der Waals surface area contributed by atoms with Gasteiger partial charge in [0.15, 0.2) is 5.82 Å². The van der Waals surface area contributed by atoms with Crippen LogP contribution in [0.25, 0.3) is 0 Å². The molecule has 2 rings (SSSR count). The van der Waals surface area contributed by atoms with Crippen LogP contribution in [0.5, 0.6) is 0 Å². The van der Waals surface area contributed by atoms with Gasteiger partial charge in [0, 0.05) is 20.6 Å². The number of nitrogens with zero attached hydrogens (tertiary/aromatic N) is 3. The maximum absolute atomic E-state index is 4.19. The van der Waals surface area contributed by atoms with Gasteiger partial charge < -0.3 is 10.2 Å². The molecular formula is C9H14N4. The summed E-state index contributed by atoms with van der Waals surface area (Å²) in [7, 11) is 3.97. The van der Waals surface area contributed by atoms with Crippen LogP contribution in [0.3, 0.4) is 0 Å². The van der Waals surface area contributed by atoms with Gasteiger partial charge >= 0.3 is 0 Å². The van der Waals surface area contributed by atoms with Gasteiger partial charge in [-0.05, 0) is 24.6 Å². The first-order valence-electron chi connectivity index (χ1n) is 4.51. The maximum Gasteiger partial charge on any atom is 0.151 e. The number of anilines is 1. The van der Waals surface area contributed by atoms with Gasteiger partial charge in [-0.15, -0.1) is 5.10 Å². The molecule has 0 saturated carbocycles. The first-order chi connectivity index (χ1) is 6.27. The fourth-order valence-corrected chi connectivity index (χ4v) is 1.46. The highest BCUT2D eigenvalue weighted by Crippen LogP contribution is 2.15. The second-order valence-corrected chi connectivity index (χ2v) is 3.50. The monoisotopic (exact) mass is 178 g/mol. The van der Waals surface area contributed by atoms with Crippen LogP contribution in [0, 0.1) is 0 Å². The molecule has 1 aliphatic heterocycles. The zero-order chi connectivity index (χ0) is 9.26. The molecule has 1 N–H and O–H groups in total. The van der Waals surface area contributed by atoms with E-state index in [4.69, 9.17) is 0 Å². The van der Waals surface area contributed by atoms with Crippen molar-refractivity contribution in [2.45, 2.75) is 13.0 Å². The minimum atomic E-state index is 0.857. The van der Waals surface area contributed by atoms with E-state index in [0.29, 0.717) is 0 Å². The van der Waals surface area contributed by atoms with Crippen LogP contribution < -0.4 is 10.2 Å². The Morgan fingerprint density at radius 2 is 2.23 bits per heavy atom. The molecule has 1 aliphatic rings. The van der Waals surface area contributed by atoms with Crippen molar-refractivity contribution in [3.63, 3.8) is 0 Å². The molecule has 1 aromatic rings. The van der Waals surface area contributed by atoms with Crippen LogP contribution >= 0.6 is 0 Å². The van der Waals surface area contributed by atoms with E-state index < -0.39 is 0 Å². The van der Waals surface area contributed by atoms with E-state index in [9.17, 15) is 0 Å². The quantitative estimate of drug-likeness (QED) is 0.666. The van der Waals surface area contributed by atoms with Crippen molar-refractivity contribution in [1.29, 1.82) is 0 Å². The van der Waals surface area contributed by atoms with Crippen LogP contribution in [-0.4, -0.2) is 30.8 Å². The molecule has 0 atom stereocenters. The molecule has 4 nitrogen and oxygen atoms in total. The highest BCUT2D eigenvalue weighted by Gasteiger charge is 2.11. The fourth-order valence-electron chi connectivity index (χ4n) is 1.46. The van der Waals surface area contributed by atoms with Gasteiger partial charge in [0.1, 0.15) is 0 Å². The molecule has 70 valence electrons. The van der Waals surface area contributed by atoms with Crippen LogP contribution in [0.4, 0.5) is 5.82 Å². The standard InChI is InChI=1S/C9H14N4/c1-13(2)9-5-7-3-4-10-6-8(7)11-12-9/h5,10H,3-4,6H2,1-2H3. The molecule has 0 spiro atoms. The van der Waals surface area contributed by atoms with Gasteiger partial charge in [-0.25, -0.2) is 0 Å². The summed E-state index contributed by atoms with van der Waals surface area (Å²) in [5.74, 6) is 0.945. The summed E-state index contributed by atoms with van der Waals surface area (Å²) >= 11 is 0. The Balaban J connectivity index is 2.35. The highest BCUT2D eigenvalue weighted by atomic mass is 15.2. The van der Waals surface area contributed by atoms with E-state index in [1.54, 1.807) is 0 Å². The topological polar surface area (TPSA) is 41.1 Å². The molecule has 0 aromatic carbocycles. The van der Waals surface area contributed by atoms with Gasteiger partial charge in [0.05, 0.1) is 5.69 Å². The Hall–Kier alpha value is -1.16. The maximum atomic E-state index is 4.19. The second-order valence-electron chi connectivity index (χ2n) is 3.50. The van der Waals surface area contributed by atoms with Crippen LogP contribution in [-0.2, 0) is 13.0 Å². The summed E-state index contributed by atoms with van der Waals surface area (Å²) in [6.07, 6.45) is 1.06. The van der Waals surface area contributed by atoms with E-state index in [1.165, 1.54) is 5.56 Å². The lowest BCUT2D eigenvalue weighted by atomic mass is 10.1. The highest BCUT2D eigenvalue weighted by molar-refractivity contribution is 5.40. The number of rotatable bonds is 1. The van der Waals surface area contributed by atoms with Crippen LogP contribution in [0.15, 0.2) is 6.07 Å². The number of aromatic nitrogens is 2. The largest absolute Gasteiger partial charge is 0.361 e. The number of fused-ring (bicyclic) bond motifs is 1. The van der Waals surface area contributed by atoms with Gasteiger partial charge in [-0.3, -0.25) is 0 Å². The van der Waals surface area contributed by atoms with Gasteiger partial charge in [0.2, 0.25) is 0 Å². The summed E-state index contributed by atoms with van der Waals surface area (Å²) < 4.78 is 0. The molecule has 13 heavy (non-hydrogen) atoms. The third-order valence-electron chi connectivity index (χ3n) is 2.27. The third-order valence-corrected chi connectivity index (χ3v) is 2.27. The summed E-state index contributed by atoms with van der Waals surface area (Å²) in [6.45, 7) is 1.90. The van der Waals surface area contributed by atoms with E-state index in [0.717, 1.165) is 31.0 Å². The Morgan fingerprint density at radius 1 is 1.38 bits per heavy atom. The predicted molar refractivity (Wildman–Crippen MR) is 51.8 cm³/mol. The van der Waals surface area contributed by atoms with Crippen molar-refractivity contribution in [3.05, 3.63) is 17.3 Å². The zero-order valence-corrected chi connectivity index (χ0v) is 8.04. The molecule has 0 bridgehead atoms. The summed E-state index contributed by atoms with van der Waals surface area (Å²) in [5.41, 5.74) is 2.43. The SMILES string of the molecule is CN(C)c1cc2c(nn1)CNCC2. The summed E-state index contributed by atoms with van der Waals surface area (Å²) in [6, 6.07) is 2.13. The smallest absolute Gasteiger partial charge is 0.151 e. The number of nitrogens with one attached hydrogen (secondary N) is 1. The molecule has 0 amide bonds. The van der Waals surface area contributed by atoms with Crippen molar-refractivity contribution >= 4 is 5.82 Å². The normalized spacial score (nSPS) is 15.2. The van der Waals surface area contributed by atoms with Crippen LogP contribution in [0.1, 0.15) is 11.3 Å². The molecular weight excluding hydrogens is 164 g/mol. The molecule has 0 saturated heterocycles. The molecule has 0 aliphatic carbocycles. The number of hydrogen-bond donors (Lipinski definition) is 1. The van der Waals surface area contributed by atoms with Crippen molar-refractivity contribution in [1.82, 2.24) is 15.5 Å². The Bertz CT molecular complexity index is 308. The Morgan fingerprint density at radius 3 is 3.00 bits per heavy atom. The molecule has 4 heteroatoms. The molecule has 0 unspecified atom stereocenters. The Labute approximate surface area is 78.0 Å². The molecule has 0 radical (unpaired) electrons. The summed E-state index contributed by atoms with van der Waals surface area (Å²) in [4.78, 5) is 1.98. The second kappa shape index (κ2) is 3.30. The van der Waals surface area contributed by atoms with Crippen molar-refractivity contribution < 1.29 is 0 Å². The van der Waals surface area contributed by atoms with Gasteiger partial charge in [0.25, 0.3) is 0 Å². The van der Waals surface area contributed by atoms with E-state index in [2.05, 4.69) is 21.6 Å². The van der Waals surface area contributed by atoms with Crippen molar-refractivity contribution in [2.75, 3.05) is 25.5 Å². The van der Waals surface area contributed by atoms with Gasteiger partial charge in [-0.2, -0.15) is 5.10 Å². The minimum Gasteiger partial charge on any atom is -0.361 e. The fraction of sp³-hybridized carbons (Fsp3) is 0.556. The average molecular weight is 178 g/mol. The van der Waals surface area contributed by atoms with Crippen molar-refractivity contribution in [3.8, 4) is 0 Å². The minimum absolute atomic E-state index is 0.857. The van der Waals surface area contributed by atoms with Gasteiger partial charge in [-0.1, -0.05) is 0 Å². The van der Waals surface area contributed by atoms with E-state index in [1.807, 2.05) is 19.0 Å². The third kappa shape index (κ3) is 1.62. The first kappa shape index (κ1) is 8.44. The van der Waals surface area contributed by atoms with E-state index in [-0.39, 0.29) is 0 Å². The van der Waals surface area contributed by atoms with Crippen LogP contribution in [0.2, 0.25) is 0 Å². The molecule has 0 fully saturated rings. The average Bonchev–Trinajstić information content (AvgIpc) is 2.17. The predicted octanol–water partition coefficient (Wildman–Crippen LogP) is 0.188. The molecule has 1 aromatic heterocycles. The lowest BCUT2D eigenvalue weighted by Crippen LogP contribution is -2.26. The lowest BCUT2D eigenvalue weighted by Gasteiger charge is -2.18. The summed E-state index contributed by atoms with van der Waals surface area (Å²) in [5, 5.41) is 11.6. The Kier molecular flexibility index (Phi) is 2.14. The van der Waals surface area contributed by atoms with Crippen molar-refractivity contribution in [2.24, 2.45) is 0 Å². The first-order valence-corrected chi connectivity index (χ1v) is 4.51. The lowest BCUT2D eigenvalue weighted by molar-refractivity contribution is 0.616. The zero-order valence-electron chi connectivity index (χ0n) is 8.04.